The number of rotatable bonds is 3. The Morgan fingerprint density at radius 1 is 1.38 bits per heavy atom. The highest BCUT2D eigenvalue weighted by atomic mass is 35.5. The molecule has 1 N–H and O–H groups in total. The van der Waals surface area contributed by atoms with Crippen LogP contribution < -0.4 is 0 Å². The normalized spacial score (nSPS) is 11.5. The second-order valence-corrected chi connectivity index (χ2v) is 4.67. The monoisotopic (exact) mass is 220 g/mol. The molecule has 72 valence electrons. The Balaban J connectivity index is 2.65. The van der Waals surface area contributed by atoms with Crippen LogP contribution in [0, 0.1) is 0 Å². The van der Waals surface area contributed by atoms with Gasteiger partial charge in [-0.1, -0.05) is 23.7 Å². The summed E-state index contributed by atoms with van der Waals surface area (Å²) in [7, 11) is -3.88. The van der Waals surface area contributed by atoms with Crippen LogP contribution in [0.4, 0.5) is 0 Å². The number of hydrogen-bond donors (Lipinski definition) is 1. The third-order valence-corrected chi connectivity index (χ3v) is 2.49. The van der Waals surface area contributed by atoms with Gasteiger partial charge < -0.3 is 0 Å². The summed E-state index contributed by atoms with van der Waals surface area (Å²) in [5.41, 5.74) is 0.796. The van der Waals surface area contributed by atoms with Crippen molar-refractivity contribution in [3.63, 3.8) is 0 Å². The van der Waals surface area contributed by atoms with Crippen molar-refractivity contribution >= 4 is 21.7 Å². The molecule has 0 heterocycles. The Bertz CT molecular complexity index is 386. The molecule has 0 saturated heterocycles. The zero-order chi connectivity index (χ0) is 9.90. The molecule has 0 aromatic heterocycles. The van der Waals surface area contributed by atoms with Gasteiger partial charge in [-0.05, 0) is 24.1 Å². The van der Waals surface area contributed by atoms with E-state index in [0.29, 0.717) is 5.02 Å². The van der Waals surface area contributed by atoms with Crippen LogP contribution in [0.15, 0.2) is 24.3 Å². The van der Waals surface area contributed by atoms with Crippen LogP contribution in [-0.4, -0.2) is 18.7 Å². The van der Waals surface area contributed by atoms with E-state index in [1.165, 1.54) is 0 Å². The Hall–Kier alpha value is -0.580. The van der Waals surface area contributed by atoms with E-state index >= 15 is 0 Å². The fourth-order valence-corrected chi connectivity index (χ4v) is 1.65. The van der Waals surface area contributed by atoms with Gasteiger partial charge in [-0.25, -0.2) is 0 Å². The lowest BCUT2D eigenvalue weighted by atomic mass is 10.2. The average molecular weight is 221 g/mol. The Morgan fingerprint density at radius 3 is 2.62 bits per heavy atom. The highest BCUT2D eigenvalue weighted by Gasteiger charge is 2.04. The minimum atomic E-state index is -3.88. The summed E-state index contributed by atoms with van der Waals surface area (Å²) in [4.78, 5) is 0. The number of aryl methyl sites for hydroxylation is 1. The van der Waals surface area contributed by atoms with Gasteiger partial charge in [0.1, 0.15) is 0 Å². The van der Waals surface area contributed by atoms with Crippen LogP contribution in [0.5, 0.6) is 0 Å². The van der Waals surface area contributed by atoms with Crippen LogP contribution in [0.2, 0.25) is 5.02 Å². The molecule has 1 rings (SSSR count). The first-order valence-electron chi connectivity index (χ1n) is 3.67. The van der Waals surface area contributed by atoms with Gasteiger partial charge in [0.2, 0.25) is 0 Å². The van der Waals surface area contributed by atoms with Crippen molar-refractivity contribution in [1.29, 1.82) is 0 Å². The molecule has 0 saturated carbocycles. The maximum Gasteiger partial charge on any atom is 0.265 e. The molecule has 0 spiro atoms. The van der Waals surface area contributed by atoms with Crippen LogP contribution in [0.25, 0.3) is 0 Å². The first-order valence-corrected chi connectivity index (χ1v) is 5.66. The van der Waals surface area contributed by atoms with E-state index in [2.05, 4.69) is 0 Å². The van der Waals surface area contributed by atoms with E-state index in [4.69, 9.17) is 16.2 Å². The summed E-state index contributed by atoms with van der Waals surface area (Å²) >= 11 is 5.68. The number of halogens is 1. The molecule has 0 aliphatic heterocycles. The van der Waals surface area contributed by atoms with Gasteiger partial charge >= 0.3 is 0 Å². The minimum absolute atomic E-state index is 0.270. The maximum absolute atomic E-state index is 10.4. The van der Waals surface area contributed by atoms with Gasteiger partial charge in [0, 0.05) is 5.02 Å². The molecule has 0 aliphatic carbocycles. The van der Waals surface area contributed by atoms with Crippen LogP contribution in [-0.2, 0) is 16.5 Å². The third kappa shape index (κ3) is 4.26. The SMILES string of the molecule is O=S(=O)(O)CCc1cccc(Cl)c1. The van der Waals surface area contributed by atoms with Gasteiger partial charge in [0.25, 0.3) is 10.1 Å². The molecule has 0 bridgehead atoms. The van der Waals surface area contributed by atoms with Crippen molar-refractivity contribution in [1.82, 2.24) is 0 Å². The van der Waals surface area contributed by atoms with Crippen molar-refractivity contribution < 1.29 is 13.0 Å². The Labute approximate surface area is 82.1 Å². The second kappa shape index (κ2) is 4.09. The zero-order valence-corrected chi connectivity index (χ0v) is 8.35. The highest BCUT2D eigenvalue weighted by Crippen LogP contribution is 2.11. The summed E-state index contributed by atoms with van der Waals surface area (Å²) in [6.07, 6.45) is 0.277. The first kappa shape index (κ1) is 10.5. The molecule has 0 radical (unpaired) electrons. The van der Waals surface area contributed by atoms with Gasteiger partial charge in [-0.15, -0.1) is 0 Å². The topological polar surface area (TPSA) is 54.4 Å². The predicted octanol–water partition coefficient (Wildman–Crippen LogP) is 1.77. The van der Waals surface area contributed by atoms with Gasteiger partial charge in [-0.2, -0.15) is 8.42 Å². The summed E-state index contributed by atoms with van der Waals surface area (Å²) in [6.45, 7) is 0. The fraction of sp³-hybridized carbons (Fsp3) is 0.250. The third-order valence-electron chi connectivity index (χ3n) is 1.54. The fourth-order valence-electron chi connectivity index (χ4n) is 0.939. The molecule has 0 unspecified atom stereocenters. The zero-order valence-electron chi connectivity index (χ0n) is 6.77. The molecule has 3 nitrogen and oxygen atoms in total. The van der Waals surface area contributed by atoms with E-state index in [1.54, 1.807) is 24.3 Å². The standard InChI is InChI=1S/C8H9ClO3S/c9-8-3-1-2-7(6-8)4-5-13(10,11)12/h1-3,6H,4-5H2,(H,10,11,12). The molecular weight excluding hydrogens is 212 g/mol. The van der Waals surface area contributed by atoms with Crippen LogP contribution >= 0.6 is 11.6 Å². The molecule has 1 aromatic rings. The number of hydrogen-bond acceptors (Lipinski definition) is 2. The van der Waals surface area contributed by atoms with E-state index in [0.717, 1.165) is 5.56 Å². The highest BCUT2D eigenvalue weighted by molar-refractivity contribution is 7.85. The molecule has 1 aromatic carbocycles. The van der Waals surface area contributed by atoms with Crippen molar-refractivity contribution in [2.24, 2.45) is 0 Å². The Morgan fingerprint density at radius 2 is 2.08 bits per heavy atom. The van der Waals surface area contributed by atoms with E-state index < -0.39 is 10.1 Å². The van der Waals surface area contributed by atoms with Gasteiger partial charge in [0.05, 0.1) is 5.75 Å². The van der Waals surface area contributed by atoms with Crippen molar-refractivity contribution in [3.8, 4) is 0 Å². The molecule has 0 aliphatic rings. The van der Waals surface area contributed by atoms with Gasteiger partial charge in [-0.3, -0.25) is 4.55 Å². The first-order chi connectivity index (χ1) is 5.97. The minimum Gasteiger partial charge on any atom is -0.286 e. The van der Waals surface area contributed by atoms with E-state index in [1.807, 2.05) is 0 Å². The van der Waals surface area contributed by atoms with E-state index in [9.17, 15) is 8.42 Å². The van der Waals surface area contributed by atoms with Gasteiger partial charge in [0.15, 0.2) is 0 Å². The van der Waals surface area contributed by atoms with E-state index in [-0.39, 0.29) is 12.2 Å². The molecule has 0 fully saturated rings. The number of benzene rings is 1. The smallest absolute Gasteiger partial charge is 0.265 e. The summed E-state index contributed by atoms with van der Waals surface area (Å²) < 4.78 is 29.3. The molecule has 0 atom stereocenters. The lowest BCUT2D eigenvalue weighted by Crippen LogP contribution is -2.06. The largest absolute Gasteiger partial charge is 0.286 e. The Kier molecular flexibility index (Phi) is 3.30. The molecule has 5 heteroatoms. The quantitative estimate of drug-likeness (QED) is 0.790. The average Bonchev–Trinajstić information content (AvgIpc) is 2.00. The summed E-state index contributed by atoms with van der Waals surface area (Å²) in [5, 5.41) is 0.563. The molecule has 13 heavy (non-hydrogen) atoms. The molecular formula is C8H9ClO3S. The summed E-state index contributed by atoms with van der Waals surface area (Å²) in [5.74, 6) is -0.270. The summed E-state index contributed by atoms with van der Waals surface area (Å²) in [6, 6.07) is 6.88. The van der Waals surface area contributed by atoms with Crippen molar-refractivity contribution in [2.45, 2.75) is 6.42 Å². The predicted molar refractivity (Wildman–Crippen MR) is 51.6 cm³/mol. The lowest BCUT2D eigenvalue weighted by molar-refractivity contribution is 0.482. The van der Waals surface area contributed by atoms with Crippen LogP contribution in [0.1, 0.15) is 5.56 Å². The van der Waals surface area contributed by atoms with Crippen molar-refractivity contribution in [3.05, 3.63) is 34.9 Å². The molecule has 0 amide bonds. The van der Waals surface area contributed by atoms with Crippen molar-refractivity contribution in [2.75, 3.05) is 5.75 Å². The second-order valence-electron chi connectivity index (χ2n) is 2.67. The van der Waals surface area contributed by atoms with Crippen LogP contribution in [0.3, 0.4) is 0 Å². The maximum atomic E-state index is 10.4. The lowest BCUT2D eigenvalue weighted by Gasteiger charge is -1.99.